The summed E-state index contributed by atoms with van der Waals surface area (Å²) >= 11 is 5.48. The zero-order valence-corrected chi connectivity index (χ0v) is 15.9. The lowest BCUT2D eigenvalue weighted by Crippen LogP contribution is -2.12. The van der Waals surface area contributed by atoms with Gasteiger partial charge in [-0.25, -0.2) is 0 Å². The van der Waals surface area contributed by atoms with Crippen molar-refractivity contribution < 1.29 is 32.5 Å². The second-order valence-electron chi connectivity index (χ2n) is 4.97. The van der Waals surface area contributed by atoms with Gasteiger partial charge in [0.05, 0.1) is 66.1 Å². The molecule has 1 fully saturated rings. The summed E-state index contributed by atoms with van der Waals surface area (Å²) in [5.74, 6) is 0.611. The van der Waals surface area contributed by atoms with Crippen LogP contribution >= 0.6 is 6.72 Å². The quantitative estimate of drug-likeness (QED) is 0.711. The first-order valence-electron chi connectivity index (χ1n) is 8.23. The van der Waals surface area contributed by atoms with Crippen LogP contribution in [0.5, 0.6) is 5.75 Å². The summed E-state index contributed by atoms with van der Waals surface area (Å²) in [6, 6.07) is 9.25. The van der Waals surface area contributed by atoms with Crippen LogP contribution < -0.4 is 4.52 Å². The summed E-state index contributed by atoms with van der Waals surface area (Å²) in [7, 11) is 0. The highest BCUT2D eigenvalue weighted by atomic mass is 32.5. The molecule has 0 bridgehead atoms. The zero-order chi connectivity index (χ0) is 17.6. The van der Waals surface area contributed by atoms with Gasteiger partial charge in [-0.15, -0.1) is 0 Å². The Labute approximate surface area is 153 Å². The van der Waals surface area contributed by atoms with Crippen molar-refractivity contribution in [2.24, 2.45) is 0 Å². The van der Waals surface area contributed by atoms with Gasteiger partial charge in [0.15, 0.2) is 0 Å². The third-order valence-electron chi connectivity index (χ3n) is 3.03. The first-order chi connectivity index (χ1) is 12.3. The van der Waals surface area contributed by atoms with Crippen molar-refractivity contribution in [3.05, 3.63) is 30.3 Å². The molecule has 0 atom stereocenters. The molecule has 9 heteroatoms. The minimum atomic E-state index is -2.93. The van der Waals surface area contributed by atoms with Crippen molar-refractivity contribution in [1.82, 2.24) is 0 Å². The summed E-state index contributed by atoms with van der Waals surface area (Å²) in [4.78, 5) is 0. The number of hydrogen-bond acceptors (Lipinski definition) is 8. The van der Waals surface area contributed by atoms with Gasteiger partial charge in [-0.3, -0.25) is 9.05 Å². The van der Waals surface area contributed by atoms with Gasteiger partial charge in [0.2, 0.25) is 0 Å². The third-order valence-corrected chi connectivity index (χ3v) is 5.32. The van der Waals surface area contributed by atoms with Gasteiger partial charge in [0.25, 0.3) is 0 Å². The number of ether oxygens (including phenoxy) is 4. The van der Waals surface area contributed by atoms with E-state index >= 15 is 0 Å². The molecule has 1 aromatic carbocycles. The lowest BCUT2D eigenvalue weighted by atomic mass is 10.3. The van der Waals surface area contributed by atoms with Gasteiger partial charge in [-0.1, -0.05) is 18.2 Å². The molecule has 0 amide bonds. The minimum absolute atomic E-state index is 0.286. The minimum Gasteiger partial charge on any atom is -0.424 e. The average Bonchev–Trinajstić information content (AvgIpc) is 2.62. The van der Waals surface area contributed by atoms with Crippen molar-refractivity contribution in [2.75, 3.05) is 66.1 Å². The molecule has 142 valence electrons. The van der Waals surface area contributed by atoms with Crippen LogP contribution in [0.15, 0.2) is 30.3 Å². The summed E-state index contributed by atoms with van der Waals surface area (Å²) in [5, 5.41) is 0. The summed E-state index contributed by atoms with van der Waals surface area (Å²) in [6.07, 6.45) is 0. The Balaban J connectivity index is 1.85. The number of hydrogen-bond donors (Lipinski definition) is 0. The average molecular weight is 392 g/mol. The molecule has 0 saturated carbocycles. The first-order valence-corrected chi connectivity index (χ1v) is 10.8. The topological polar surface area (TPSA) is 64.6 Å². The summed E-state index contributed by atoms with van der Waals surface area (Å²) in [6.45, 7) is 1.46. The Morgan fingerprint density at radius 3 is 1.48 bits per heavy atom. The Hall–Kier alpha value is -0.570. The summed E-state index contributed by atoms with van der Waals surface area (Å²) < 4.78 is 38.8. The van der Waals surface area contributed by atoms with Crippen molar-refractivity contribution in [3.63, 3.8) is 0 Å². The number of rotatable bonds is 2. The first kappa shape index (κ1) is 20.7. The van der Waals surface area contributed by atoms with Crippen molar-refractivity contribution in [3.8, 4) is 5.75 Å². The molecule has 0 N–H and O–H groups in total. The maximum absolute atomic E-state index is 5.79. The molecule has 0 spiro atoms. The highest BCUT2D eigenvalue weighted by molar-refractivity contribution is 8.07. The van der Waals surface area contributed by atoms with Gasteiger partial charge in [0, 0.05) is 11.8 Å². The largest absolute Gasteiger partial charge is 0.424 e. The second-order valence-corrected chi connectivity index (χ2v) is 7.90. The molecule has 1 aromatic rings. The highest BCUT2D eigenvalue weighted by Crippen LogP contribution is 2.49. The Kier molecular flexibility index (Phi) is 10.6. The Morgan fingerprint density at radius 1 is 0.640 bits per heavy atom. The van der Waals surface area contributed by atoms with Gasteiger partial charge in [-0.2, -0.15) is 0 Å². The highest BCUT2D eigenvalue weighted by Gasteiger charge is 2.22. The summed E-state index contributed by atoms with van der Waals surface area (Å²) in [5.41, 5.74) is 0. The molecule has 1 saturated heterocycles. The van der Waals surface area contributed by atoms with Crippen molar-refractivity contribution >= 4 is 18.5 Å². The van der Waals surface area contributed by atoms with Crippen LogP contribution in [-0.4, -0.2) is 66.1 Å². The zero-order valence-electron chi connectivity index (χ0n) is 14.2. The van der Waals surface area contributed by atoms with Crippen LogP contribution in [0.25, 0.3) is 0 Å². The van der Waals surface area contributed by atoms with Crippen LogP contribution in [0.1, 0.15) is 0 Å². The van der Waals surface area contributed by atoms with Crippen LogP contribution in [0.2, 0.25) is 0 Å². The fourth-order valence-corrected chi connectivity index (χ4v) is 3.74. The van der Waals surface area contributed by atoms with Crippen LogP contribution in [-0.2, 0) is 39.8 Å². The van der Waals surface area contributed by atoms with Crippen LogP contribution in [0.4, 0.5) is 0 Å². The van der Waals surface area contributed by atoms with E-state index in [4.69, 9.17) is 44.3 Å². The maximum Gasteiger partial charge on any atom is 0.380 e. The molecule has 1 aliphatic rings. The molecular weight excluding hydrogens is 367 g/mol. The van der Waals surface area contributed by atoms with Gasteiger partial charge < -0.3 is 23.5 Å². The second kappa shape index (κ2) is 12.7. The van der Waals surface area contributed by atoms with E-state index in [1.807, 2.05) is 30.3 Å². The van der Waals surface area contributed by atoms with E-state index in [0.717, 1.165) is 0 Å². The maximum atomic E-state index is 5.79. The smallest absolute Gasteiger partial charge is 0.380 e. The molecule has 1 aliphatic heterocycles. The van der Waals surface area contributed by atoms with Crippen molar-refractivity contribution in [1.29, 1.82) is 0 Å². The Morgan fingerprint density at radius 2 is 1.04 bits per heavy atom. The van der Waals surface area contributed by atoms with Crippen LogP contribution in [0.3, 0.4) is 0 Å². The van der Waals surface area contributed by atoms with E-state index in [2.05, 4.69) is 0 Å². The van der Waals surface area contributed by atoms with Gasteiger partial charge in [-0.05, 0) is 12.1 Å². The fourth-order valence-electron chi connectivity index (χ4n) is 1.88. The molecule has 1 heterocycles. The van der Waals surface area contributed by atoms with Gasteiger partial charge >= 0.3 is 6.72 Å². The monoisotopic (exact) mass is 392 g/mol. The predicted octanol–water partition coefficient (Wildman–Crippen LogP) is 2.40. The Bertz CT molecular complexity index is 481. The molecule has 0 aromatic heterocycles. The fraction of sp³-hybridized carbons (Fsp3) is 0.625. The van der Waals surface area contributed by atoms with Crippen LogP contribution in [0, 0.1) is 0 Å². The molecule has 2 rings (SSSR count). The number of benzene rings is 1. The van der Waals surface area contributed by atoms with Crippen molar-refractivity contribution in [2.45, 2.75) is 0 Å². The number of para-hydroxylation sites is 1. The van der Waals surface area contributed by atoms with Gasteiger partial charge in [0.1, 0.15) is 5.75 Å². The lowest BCUT2D eigenvalue weighted by molar-refractivity contribution is -0.00426. The predicted molar refractivity (Wildman–Crippen MR) is 96.5 cm³/mol. The molecule has 25 heavy (non-hydrogen) atoms. The molecule has 7 nitrogen and oxygen atoms in total. The molecule has 0 unspecified atom stereocenters. The normalized spacial score (nSPS) is 21.9. The molecule has 0 radical (unpaired) electrons. The van der Waals surface area contributed by atoms with E-state index in [-0.39, 0.29) is 13.2 Å². The van der Waals surface area contributed by atoms with E-state index in [1.54, 1.807) is 0 Å². The standard InChI is InChI=1S/C16H25O7PS/c25-24(23-16-4-2-1-3-5-16)21-14-12-19-10-8-17-6-7-18-9-11-20-13-15-22-24/h1-5H,6-15H2. The van der Waals surface area contributed by atoms with E-state index in [0.29, 0.717) is 58.6 Å². The SMILES string of the molecule is S=P1(Oc2ccccc2)OCCOCCOCCOCCOCCO1. The lowest BCUT2D eigenvalue weighted by Gasteiger charge is -2.22. The van der Waals surface area contributed by atoms with E-state index in [1.165, 1.54) is 0 Å². The third kappa shape index (κ3) is 9.63. The van der Waals surface area contributed by atoms with E-state index < -0.39 is 6.72 Å². The van der Waals surface area contributed by atoms with E-state index in [9.17, 15) is 0 Å². The molecule has 0 aliphatic carbocycles. The molecular formula is C16H25O7PS.